The second kappa shape index (κ2) is 11.3. The third kappa shape index (κ3) is 6.34. The van der Waals surface area contributed by atoms with Crippen LogP contribution in [-0.2, 0) is 16.1 Å². The van der Waals surface area contributed by atoms with Gasteiger partial charge in [-0.1, -0.05) is 41.9 Å². The number of morpholine rings is 1. The van der Waals surface area contributed by atoms with Crippen LogP contribution in [0.1, 0.15) is 5.56 Å². The van der Waals surface area contributed by atoms with E-state index in [9.17, 15) is 4.79 Å². The molecule has 0 aromatic heterocycles. The lowest BCUT2D eigenvalue weighted by atomic mass is 10.2. The number of hydrogen-bond donors (Lipinski definition) is 3. The van der Waals surface area contributed by atoms with Gasteiger partial charge < -0.3 is 20.7 Å². The van der Waals surface area contributed by atoms with E-state index in [4.69, 9.17) is 16.3 Å². The number of amides is 1. The molecule has 1 aliphatic rings. The van der Waals surface area contributed by atoms with Crippen molar-refractivity contribution in [3.8, 4) is 0 Å². The fourth-order valence-corrected chi connectivity index (χ4v) is 2.73. The number of benzene rings is 2. The van der Waals surface area contributed by atoms with Crippen molar-refractivity contribution in [1.82, 2.24) is 5.32 Å². The average Bonchev–Trinajstić information content (AvgIpc) is 2.62. The van der Waals surface area contributed by atoms with E-state index in [1.54, 1.807) is 6.07 Å². The molecule has 1 saturated heterocycles. The summed E-state index contributed by atoms with van der Waals surface area (Å²) in [4.78, 5) is 12.1. The second-order valence-corrected chi connectivity index (χ2v) is 5.99. The molecule has 3 N–H and O–H groups in total. The molecule has 1 heterocycles. The van der Waals surface area contributed by atoms with E-state index in [0.29, 0.717) is 30.4 Å². The molecule has 26 heavy (non-hydrogen) atoms. The molecule has 3 rings (SSSR count). The van der Waals surface area contributed by atoms with Crippen molar-refractivity contribution in [1.29, 1.82) is 0 Å². The Labute approximate surface area is 170 Å². The predicted molar refractivity (Wildman–Crippen MR) is 111 cm³/mol. The molecular formula is C18H22Cl3N3O2. The largest absolute Gasteiger partial charge is 0.380 e. The monoisotopic (exact) mass is 417 g/mol. The van der Waals surface area contributed by atoms with E-state index in [1.807, 2.05) is 42.5 Å². The highest BCUT2D eigenvalue weighted by Crippen LogP contribution is 2.26. The summed E-state index contributed by atoms with van der Waals surface area (Å²) in [6.45, 7) is 2.53. The van der Waals surface area contributed by atoms with E-state index in [-0.39, 0.29) is 30.7 Å². The van der Waals surface area contributed by atoms with Gasteiger partial charge in [0.1, 0.15) is 6.10 Å². The van der Waals surface area contributed by atoms with Gasteiger partial charge in [0, 0.05) is 25.3 Å². The van der Waals surface area contributed by atoms with Gasteiger partial charge in [0.05, 0.1) is 17.3 Å². The van der Waals surface area contributed by atoms with E-state index in [2.05, 4.69) is 16.0 Å². The highest BCUT2D eigenvalue weighted by Gasteiger charge is 2.21. The summed E-state index contributed by atoms with van der Waals surface area (Å²) in [7, 11) is 0. The zero-order chi connectivity index (χ0) is 16.8. The summed E-state index contributed by atoms with van der Waals surface area (Å²) >= 11 is 6.31. The maximum absolute atomic E-state index is 12.1. The van der Waals surface area contributed by atoms with Gasteiger partial charge in [-0.3, -0.25) is 4.79 Å². The highest BCUT2D eigenvalue weighted by molar-refractivity contribution is 6.33. The van der Waals surface area contributed by atoms with E-state index < -0.39 is 6.10 Å². The zero-order valence-electron chi connectivity index (χ0n) is 14.0. The van der Waals surface area contributed by atoms with Gasteiger partial charge in [0.15, 0.2) is 0 Å². The highest BCUT2D eigenvalue weighted by atomic mass is 35.5. The third-order valence-electron chi connectivity index (χ3n) is 3.78. The van der Waals surface area contributed by atoms with Crippen molar-refractivity contribution in [3.05, 3.63) is 59.1 Å². The molecule has 1 atom stereocenters. The Morgan fingerprint density at radius 1 is 1.19 bits per heavy atom. The molecule has 1 aliphatic heterocycles. The quantitative estimate of drug-likeness (QED) is 0.692. The predicted octanol–water partition coefficient (Wildman–Crippen LogP) is 3.72. The van der Waals surface area contributed by atoms with Crippen LogP contribution in [0.2, 0.25) is 5.02 Å². The molecule has 2 aromatic rings. The number of carbonyl (C=O) groups excluding carboxylic acids is 1. The third-order valence-corrected chi connectivity index (χ3v) is 4.10. The SMILES string of the molecule is Cl.Cl.O=C(Nc1ccc(NCc2ccccc2)c(Cl)c1)C1CNCCO1. The van der Waals surface area contributed by atoms with Crippen molar-refractivity contribution in [2.24, 2.45) is 0 Å². The first-order valence-electron chi connectivity index (χ1n) is 7.93. The van der Waals surface area contributed by atoms with Crippen molar-refractivity contribution >= 4 is 53.7 Å². The maximum Gasteiger partial charge on any atom is 0.254 e. The summed E-state index contributed by atoms with van der Waals surface area (Å²) in [5, 5.41) is 9.83. The number of ether oxygens (including phenoxy) is 1. The second-order valence-electron chi connectivity index (χ2n) is 5.59. The number of hydrogen-bond acceptors (Lipinski definition) is 4. The van der Waals surface area contributed by atoms with Crippen molar-refractivity contribution < 1.29 is 9.53 Å². The lowest BCUT2D eigenvalue weighted by Crippen LogP contribution is -2.45. The summed E-state index contributed by atoms with van der Waals surface area (Å²) in [6.07, 6.45) is -0.464. The van der Waals surface area contributed by atoms with E-state index >= 15 is 0 Å². The van der Waals surface area contributed by atoms with Crippen LogP contribution in [0.25, 0.3) is 0 Å². The van der Waals surface area contributed by atoms with Crippen LogP contribution in [0.3, 0.4) is 0 Å². The average molecular weight is 419 g/mol. The lowest BCUT2D eigenvalue weighted by molar-refractivity contribution is -0.128. The van der Waals surface area contributed by atoms with Gasteiger partial charge in [-0.15, -0.1) is 24.8 Å². The Balaban J connectivity index is 0.00000169. The number of nitrogens with one attached hydrogen (secondary N) is 3. The summed E-state index contributed by atoms with van der Waals surface area (Å²) in [5.41, 5.74) is 2.66. The molecule has 1 amide bonds. The molecule has 0 bridgehead atoms. The zero-order valence-corrected chi connectivity index (χ0v) is 16.4. The molecule has 1 fully saturated rings. The Bertz CT molecular complexity index is 695. The van der Waals surface area contributed by atoms with Gasteiger partial charge in [0.2, 0.25) is 0 Å². The van der Waals surface area contributed by atoms with Crippen molar-refractivity contribution in [2.75, 3.05) is 30.3 Å². The fourth-order valence-electron chi connectivity index (χ4n) is 2.49. The van der Waals surface area contributed by atoms with Crippen LogP contribution in [-0.4, -0.2) is 31.7 Å². The summed E-state index contributed by atoms with van der Waals surface area (Å²) < 4.78 is 5.43. The minimum absolute atomic E-state index is 0. The summed E-state index contributed by atoms with van der Waals surface area (Å²) in [6, 6.07) is 15.5. The molecule has 0 aliphatic carbocycles. The van der Waals surface area contributed by atoms with Gasteiger partial charge in [0.25, 0.3) is 5.91 Å². The number of anilines is 2. The number of rotatable bonds is 5. The normalized spacial score (nSPS) is 16.0. The van der Waals surface area contributed by atoms with E-state index in [1.165, 1.54) is 5.56 Å². The van der Waals surface area contributed by atoms with Crippen LogP contribution < -0.4 is 16.0 Å². The molecule has 142 valence electrons. The van der Waals surface area contributed by atoms with Crippen LogP contribution in [0.4, 0.5) is 11.4 Å². The lowest BCUT2D eigenvalue weighted by Gasteiger charge is -2.22. The number of halogens is 3. The first-order chi connectivity index (χ1) is 11.7. The molecular weight excluding hydrogens is 397 g/mol. The van der Waals surface area contributed by atoms with Gasteiger partial charge in [-0.2, -0.15) is 0 Å². The molecule has 0 spiro atoms. The molecule has 0 radical (unpaired) electrons. The Morgan fingerprint density at radius 2 is 1.96 bits per heavy atom. The molecule has 0 saturated carbocycles. The summed E-state index contributed by atoms with van der Waals surface area (Å²) in [5.74, 6) is -0.164. The minimum atomic E-state index is -0.464. The first-order valence-corrected chi connectivity index (χ1v) is 8.31. The van der Waals surface area contributed by atoms with Gasteiger partial charge in [-0.25, -0.2) is 0 Å². The Kier molecular flexibility index (Phi) is 9.76. The van der Waals surface area contributed by atoms with Crippen LogP contribution in [0.5, 0.6) is 0 Å². The molecule has 5 nitrogen and oxygen atoms in total. The number of carbonyl (C=O) groups is 1. The van der Waals surface area contributed by atoms with Crippen molar-refractivity contribution in [3.63, 3.8) is 0 Å². The first kappa shape index (κ1) is 22.5. The Morgan fingerprint density at radius 3 is 2.62 bits per heavy atom. The van der Waals surface area contributed by atoms with Crippen LogP contribution in [0, 0.1) is 0 Å². The molecule has 1 unspecified atom stereocenters. The maximum atomic E-state index is 12.1. The standard InChI is InChI=1S/C18H20ClN3O2.2ClH/c19-15-10-14(22-18(23)17-12-20-8-9-24-17)6-7-16(15)21-11-13-4-2-1-3-5-13;;/h1-7,10,17,20-21H,8-9,11-12H2,(H,22,23);2*1H. The van der Waals surface area contributed by atoms with Gasteiger partial charge in [-0.05, 0) is 23.8 Å². The topological polar surface area (TPSA) is 62.4 Å². The Hall–Kier alpha value is -1.50. The molecule has 2 aromatic carbocycles. The smallest absolute Gasteiger partial charge is 0.254 e. The minimum Gasteiger partial charge on any atom is -0.380 e. The molecule has 8 heteroatoms. The van der Waals surface area contributed by atoms with Crippen LogP contribution >= 0.6 is 36.4 Å². The van der Waals surface area contributed by atoms with E-state index in [0.717, 1.165) is 12.2 Å². The van der Waals surface area contributed by atoms with Crippen LogP contribution in [0.15, 0.2) is 48.5 Å². The van der Waals surface area contributed by atoms with Crippen molar-refractivity contribution in [2.45, 2.75) is 12.6 Å². The van der Waals surface area contributed by atoms with Gasteiger partial charge >= 0.3 is 0 Å². The fraction of sp³-hybridized carbons (Fsp3) is 0.278.